The van der Waals surface area contributed by atoms with E-state index in [0.717, 1.165) is 57.3 Å². The lowest BCUT2D eigenvalue weighted by atomic mass is 9.60. The summed E-state index contributed by atoms with van der Waals surface area (Å²) in [5.41, 5.74) is -0.556. The Morgan fingerprint density at radius 2 is 0.984 bits per heavy atom. The fourth-order valence-electron chi connectivity index (χ4n) is 16.8. The maximum absolute atomic E-state index is 12.2. The number of rotatable bonds is 5. The van der Waals surface area contributed by atoms with Gasteiger partial charge in [0.05, 0.1) is 81.3 Å². The second kappa shape index (κ2) is 17.8. The van der Waals surface area contributed by atoms with Crippen LogP contribution in [-0.2, 0) is 42.9 Å². The number of methoxy groups -OCH3 is 4. The summed E-state index contributed by atoms with van der Waals surface area (Å²) in [6.07, 6.45) is 10.8. The van der Waals surface area contributed by atoms with Crippen molar-refractivity contribution in [3.63, 3.8) is 0 Å². The Morgan fingerprint density at radius 3 is 1.51 bits per heavy atom. The second-order valence-corrected chi connectivity index (χ2v) is 21.6. The van der Waals surface area contributed by atoms with Crippen LogP contribution in [0.15, 0.2) is 0 Å². The van der Waals surface area contributed by atoms with Gasteiger partial charge in [0.2, 0.25) is 0 Å². The van der Waals surface area contributed by atoms with Crippen LogP contribution in [0, 0.1) is 175 Å². The molecule has 0 N–H and O–H groups in total. The smallest absolute Gasteiger partial charge is 0.311 e. The van der Waals surface area contributed by atoms with Crippen molar-refractivity contribution in [2.45, 2.75) is 98.3 Å². The second-order valence-electron chi connectivity index (χ2n) is 21.6. The van der Waals surface area contributed by atoms with Gasteiger partial charge in [-0.2, -0.15) is 21.0 Å². The highest BCUT2D eigenvalue weighted by atomic mass is 16.5. The summed E-state index contributed by atoms with van der Waals surface area (Å²) in [6, 6.07) is 9.46. The molecule has 0 amide bonds. The van der Waals surface area contributed by atoms with E-state index in [2.05, 4.69) is 38.1 Å². The lowest BCUT2D eigenvalue weighted by Gasteiger charge is -2.43. The molecule has 13 nitrogen and oxygen atoms in total. The van der Waals surface area contributed by atoms with Gasteiger partial charge < -0.3 is 18.9 Å². The van der Waals surface area contributed by atoms with Crippen molar-refractivity contribution in [1.29, 1.82) is 21.0 Å². The number of ketones is 1. The molecule has 10 saturated carbocycles. The normalized spacial score (nSPS) is 47.4. The molecule has 10 aliphatic carbocycles. The topological polar surface area (TPSA) is 217 Å². The third kappa shape index (κ3) is 7.52. The summed E-state index contributed by atoms with van der Waals surface area (Å²) < 4.78 is 19.4. The number of esters is 4. The first-order valence-corrected chi connectivity index (χ1v) is 23.4. The van der Waals surface area contributed by atoms with Gasteiger partial charge in [0.15, 0.2) is 0 Å². The van der Waals surface area contributed by atoms with Crippen molar-refractivity contribution in [1.82, 2.24) is 0 Å². The number of Topliss-reactive ketones (excluding diaryl/α,β-unsaturated/α-hetero) is 1. The lowest BCUT2D eigenvalue weighted by molar-refractivity contribution is -0.160. The van der Waals surface area contributed by atoms with Crippen molar-refractivity contribution in [2.24, 2.45) is 129 Å². The Labute approximate surface area is 372 Å². The number of hydrogen-bond donors (Lipinski definition) is 0. The van der Waals surface area contributed by atoms with Crippen LogP contribution in [-0.4, -0.2) is 58.1 Å². The first-order chi connectivity index (χ1) is 30.0. The highest BCUT2D eigenvalue weighted by Crippen LogP contribution is 2.73. The van der Waals surface area contributed by atoms with Gasteiger partial charge in [-0.3, -0.25) is 24.0 Å². The zero-order valence-electron chi connectivity index (χ0n) is 38.3. The Morgan fingerprint density at radius 1 is 0.492 bits per heavy atom. The molecule has 0 aliphatic heterocycles. The minimum Gasteiger partial charge on any atom is -0.469 e. The molecule has 10 rings (SSSR count). The van der Waals surface area contributed by atoms with Crippen molar-refractivity contribution in [2.75, 3.05) is 28.4 Å². The number of ether oxygens (including phenoxy) is 4. The number of nitriles is 4. The Hall–Kier alpha value is -4.49. The van der Waals surface area contributed by atoms with Crippen LogP contribution in [0.25, 0.3) is 0 Å². The van der Waals surface area contributed by atoms with E-state index in [4.69, 9.17) is 34.7 Å². The van der Waals surface area contributed by atoms with E-state index < -0.39 is 17.8 Å². The van der Waals surface area contributed by atoms with Crippen molar-refractivity contribution < 1.29 is 42.9 Å². The molecule has 22 unspecified atom stereocenters. The van der Waals surface area contributed by atoms with Crippen LogP contribution in [0.4, 0.5) is 0 Å². The minimum absolute atomic E-state index is 0.00180. The summed E-state index contributed by atoms with van der Waals surface area (Å²) in [5, 5.41) is 36.1. The van der Waals surface area contributed by atoms with Gasteiger partial charge in [-0.1, -0.05) is 6.92 Å². The number of fused-ring (bicyclic) bond motifs is 15. The van der Waals surface area contributed by atoms with E-state index in [0.29, 0.717) is 77.3 Å². The predicted octanol–water partition coefficient (Wildman–Crippen LogP) is 7.10. The molecular formula is C50H66N4O9. The quantitative estimate of drug-likeness (QED) is 0.153. The maximum atomic E-state index is 12.2. The van der Waals surface area contributed by atoms with E-state index in [1.807, 2.05) is 6.92 Å². The van der Waals surface area contributed by atoms with Gasteiger partial charge in [-0.05, 0) is 168 Å². The first kappa shape index (κ1) is 46.5. The van der Waals surface area contributed by atoms with Gasteiger partial charge in [0, 0.05) is 23.7 Å². The molecule has 340 valence electrons. The van der Waals surface area contributed by atoms with Crippen molar-refractivity contribution in [3.05, 3.63) is 0 Å². The molecule has 22 atom stereocenters. The van der Waals surface area contributed by atoms with E-state index in [1.54, 1.807) is 6.92 Å². The molecule has 0 aromatic heterocycles. The summed E-state index contributed by atoms with van der Waals surface area (Å²) >= 11 is 0. The maximum Gasteiger partial charge on any atom is 0.311 e. The molecule has 0 spiro atoms. The van der Waals surface area contributed by atoms with Gasteiger partial charge in [0.1, 0.15) is 5.78 Å². The molecule has 0 radical (unpaired) electrons. The molecule has 0 saturated heterocycles. The molecule has 0 heterocycles. The SMILES string of the molecule is CC(=O)C1C2CC(C#N)C(C2)C1C.COC(=O)C1(C)CC2CC1C1C3CC(C#N)C(C3)C21.COC(=O)C1(C)CC2CC1CC2C#N.COC(=O)C1C2CC(C#N)C(C2)C1C(=O)OC. The fraction of sp³-hybridized carbons (Fsp3) is 0.820. The summed E-state index contributed by atoms with van der Waals surface area (Å²) in [7, 11) is 5.60. The van der Waals surface area contributed by atoms with Crippen LogP contribution in [0.1, 0.15) is 98.3 Å². The van der Waals surface area contributed by atoms with Crippen LogP contribution >= 0.6 is 0 Å². The number of hydrogen-bond acceptors (Lipinski definition) is 13. The molecule has 13 heteroatoms. The van der Waals surface area contributed by atoms with E-state index in [-0.39, 0.29) is 64.2 Å². The first-order valence-electron chi connectivity index (χ1n) is 23.4. The molecular weight excluding hydrogens is 801 g/mol. The van der Waals surface area contributed by atoms with E-state index in [9.17, 15) is 29.2 Å². The van der Waals surface area contributed by atoms with Gasteiger partial charge >= 0.3 is 23.9 Å². The average Bonchev–Trinajstić information content (AvgIpc) is 4.15. The largest absolute Gasteiger partial charge is 0.469 e. The summed E-state index contributed by atoms with van der Waals surface area (Å²) in [5.74, 6) is 5.65. The zero-order valence-corrected chi connectivity index (χ0v) is 38.3. The highest BCUT2D eigenvalue weighted by molar-refractivity contribution is 5.84. The van der Waals surface area contributed by atoms with Gasteiger partial charge in [0.25, 0.3) is 0 Å². The standard InChI is InChI=1S/C16H21NO2.C12H15NO4.C11H15NO2.C11H15NO/c1-16(15(18)19-2)6-9-5-12(16)14-8-3-10(7-17)11(4-8)13(9)14;1-16-11(14)9-6-3-7(5-13)8(4-6)10(9)12(15)17-2;1-11(10(13)14-2)5-7-3-9(11)4-8(7)6-12;1-6-10-4-8(3-9(10)5-12)11(6)7(2)13/h8-14H,3-6H2,1-2H3;6-10H,3-4H2,1-2H3;7-9H,3-5H2,1-2H3;6,8-11H,3-4H2,1-2H3. The molecule has 0 aromatic carbocycles. The average molecular weight is 867 g/mol. The van der Waals surface area contributed by atoms with E-state index in [1.165, 1.54) is 41.3 Å². The van der Waals surface area contributed by atoms with Crippen LogP contribution in [0.2, 0.25) is 0 Å². The molecule has 0 aromatic rings. The predicted molar refractivity (Wildman–Crippen MR) is 224 cm³/mol. The highest BCUT2D eigenvalue weighted by Gasteiger charge is 2.69. The number of carbonyl (C=O) groups excluding carboxylic acids is 5. The Bertz CT molecular complexity index is 2010. The summed E-state index contributed by atoms with van der Waals surface area (Å²) in [4.78, 5) is 58.6. The monoisotopic (exact) mass is 866 g/mol. The van der Waals surface area contributed by atoms with Crippen LogP contribution < -0.4 is 0 Å². The Balaban J connectivity index is 0.000000127. The molecule has 10 aliphatic rings. The van der Waals surface area contributed by atoms with Gasteiger partial charge in [-0.15, -0.1) is 0 Å². The fourth-order valence-corrected chi connectivity index (χ4v) is 16.8. The van der Waals surface area contributed by atoms with E-state index >= 15 is 0 Å². The lowest BCUT2D eigenvalue weighted by Crippen LogP contribution is -2.44. The van der Waals surface area contributed by atoms with Crippen LogP contribution in [0.3, 0.4) is 0 Å². The number of nitrogens with zero attached hydrogens (tertiary/aromatic N) is 4. The van der Waals surface area contributed by atoms with Crippen molar-refractivity contribution in [3.8, 4) is 24.3 Å². The summed E-state index contributed by atoms with van der Waals surface area (Å²) in [6.45, 7) is 7.94. The third-order valence-corrected chi connectivity index (χ3v) is 19.3. The minimum atomic E-state index is -0.504. The van der Waals surface area contributed by atoms with Crippen LogP contribution in [0.5, 0.6) is 0 Å². The Kier molecular flexibility index (Phi) is 13.2. The number of carbonyl (C=O) groups is 5. The third-order valence-electron chi connectivity index (χ3n) is 19.3. The zero-order chi connectivity index (χ0) is 45.9. The molecule has 63 heavy (non-hydrogen) atoms. The molecule has 10 bridgehead atoms. The van der Waals surface area contributed by atoms with Gasteiger partial charge in [-0.25, -0.2) is 0 Å². The molecule has 10 fully saturated rings. The van der Waals surface area contributed by atoms with Crippen molar-refractivity contribution >= 4 is 29.7 Å².